The van der Waals surface area contributed by atoms with Gasteiger partial charge in [-0.3, -0.25) is 0 Å². The van der Waals surface area contributed by atoms with Crippen LogP contribution in [-0.2, 0) is 15.5 Å². The Hall–Kier alpha value is -1.22. The third-order valence-electron chi connectivity index (χ3n) is 2.89. The molecule has 1 aromatic carbocycles. The summed E-state index contributed by atoms with van der Waals surface area (Å²) in [6.45, 7) is 5.68. The second kappa shape index (κ2) is 5.16. The van der Waals surface area contributed by atoms with Gasteiger partial charge in [0.1, 0.15) is 11.8 Å². The first-order chi connectivity index (χ1) is 9.83. The molecule has 0 saturated heterocycles. The minimum atomic E-state index is -5.75. The molecule has 2 aromatic rings. The second-order valence-corrected chi connectivity index (χ2v) is 8.12. The third-order valence-corrected chi connectivity index (χ3v) is 4.32. The van der Waals surface area contributed by atoms with E-state index in [0.29, 0.717) is 10.0 Å². The van der Waals surface area contributed by atoms with E-state index in [1.807, 2.05) is 20.8 Å². The first-order valence-corrected chi connectivity index (χ1v) is 8.25. The molecule has 0 spiro atoms. The van der Waals surface area contributed by atoms with Crippen molar-refractivity contribution in [3.63, 3.8) is 0 Å². The van der Waals surface area contributed by atoms with E-state index in [4.69, 9.17) is 4.42 Å². The summed E-state index contributed by atoms with van der Waals surface area (Å²) in [6, 6.07) is 3.20. The van der Waals surface area contributed by atoms with E-state index in [2.05, 4.69) is 20.1 Å². The predicted molar refractivity (Wildman–Crippen MR) is 78.2 cm³/mol. The van der Waals surface area contributed by atoms with Crippen LogP contribution >= 0.6 is 15.9 Å². The van der Waals surface area contributed by atoms with Crippen molar-refractivity contribution >= 4 is 37.0 Å². The number of rotatable bonds is 2. The number of fused-ring (bicyclic) bond motifs is 1. The van der Waals surface area contributed by atoms with Gasteiger partial charge in [-0.1, -0.05) is 36.7 Å². The highest BCUT2D eigenvalue weighted by Gasteiger charge is 2.49. The van der Waals surface area contributed by atoms with Crippen LogP contribution < -0.4 is 4.18 Å². The standard InChI is InChI=1S/C13H12BrF3O4S/c1-12(2,3)9-5-7(14)4-8-10(6-20-11(8)9)21-22(18,19)13(15,16)17/h4-6H,1-3H3. The van der Waals surface area contributed by atoms with Crippen molar-refractivity contribution in [3.05, 3.63) is 28.4 Å². The molecular weight excluding hydrogens is 389 g/mol. The maximum atomic E-state index is 12.4. The molecule has 0 aliphatic rings. The topological polar surface area (TPSA) is 56.5 Å². The summed E-state index contributed by atoms with van der Waals surface area (Å²) in [4.78, 5) is 0. The lowest BCUT2D eigenvalue weighted by Crippen LogP contribution is -2.27. The van der Waals surface area contributed by atoms with Crippen LogP contribution in [0.1, 0.15) is 26.3 Å². The lowest BCUT2D eigenvalue weighted by Gasteiger charge is -2.19. The Morgan fingerprint density at radius 2 is 1.77 bits per heavy atom. The first kappa shape index (κ1) is 17.1. The molecule has 0 amide bonds. The number of alkyl halides is 3. The molecule has 0 unspecified atom stereocenters. The van der Waals surface area contributed by atoms with Gasteiger partial charge in [0.25, 0.3) is 0 Å². The molecular formula is C13H12BrF3O4S. The van der Waals surface area contributed by atoms with Gasteiger partial charge in [-0.25, -0.2) is 0 Å². The fraction of sp³-hybridized carbons (Fsp3) is 0.385. The van der Waals surface area contributed by atoms with Gasteiger partial charge in [0.15, 0.2) is 5.75 Å². The van der Waals surface area contributed by atoms with Crippen molar-refractivity contribution < 1.29 is 30.2 Å². The number of halogens is 4. The SMILES string of the molecule is CC(C)(C)c1cc(Br)cc2c(OS(=O)(=O)C(F)(F)F)coc12. The Kier molecular flexibility index (Phi) is 4.02. The molecule has 0 atom stereocenters. The fourth-order valence-electron chi connectivity index (χ4n) is 1.87. The van der Waals surface area contributed by atoms with E-state index in [1.165, 1.54) is 6.07 Å². The van der Waals surface area contributed by atoms with Gasteiger partial charge in [0, 0.05) is 10.0 Å². The largest absolute Gasteiger partial charge is 0.534 e. The van der Waals surface area contributed by atoms with Crippen LogP contribution in [0, 0.1) is 0 Å². The molecule has 0 aliphatic carbocycles. The quantitative estimate of drug-likeness (QED) is 0.540. The van der Waals surface area contributed by atoms with E-state index in [0.717, 1.165) is 6.26 Å². The first-order valence-electron chi connectivity index (χ1n) is 6.05. The maximum Gasteiger partial charge on any atom is 0.534 e. The average molecular weight is 401 g/mol. The highest BCUT2D eigenvalue weighted by Crippen LogP contribution is 2.40. The third kappa shape index (κ3) is 3.10. The molecule has 0 radical (unpaired) electrons. The van der Waals surface area contributed by atoms with Gasteiger partial charge in [-0.15, -0.1) is 0 Å². The molecule has 0 aliphatic heterocycles. The van der Waals surface area contributed by atoms with Gasteiger partial charge in [0.05, 0.1) is 5.39 Å². The van der Waals surface area contributed by atoms with Crippen molar-refractivity contribution in [1.29, 1.82) is 0 Å². The molecule has 0 saturated carbocycles. The van der Waals surface area contributed by atoms with Crippen LogP contribution in [0.2, 0.25) is 0 Å². The molecule has 1 aromatic heterocycles. The normalized spacial score (nSPS) is 13.6. The minimum Gasteiger partial charge on any atom is -0.460 e. The molecule has 122 valence electrons. The van der Waals surface area contributed by atoms with Crippen LogP contribution in [0.3, 0.4) is 0 Å². The number of hydrogen-bond acceptors (Lipinski definition) is 4. The van der Waals surface area contributed by atoms with Gasteiger partial charge in [-0.05, 0) is 17.5 Å². The van der Waals surface area contributed by atoms with Gasteiger partial charge in [0.2, 0.25) is 0 Å². The highest BCUT2D eigenvalue weighted by atomic mass is 79.9. The van der Waals surface area contributed by atoms with E-state index in [1.54, 1.807) is 6.07 Å². The Labute approximate surface area is 133 Å². The summed E-state index contributed by atoms with van der Waals surface area (Å²) < 4.78 is 69.5. The fourth-order valence-corrected chi connectivity index (χ4v) is 2.78. The lowest BCUT2D eigenvalue weighted by atomic mass is 9.86. The smallest absolute Gasteiger partial charge is 0.460 e. The summed E-state index contributed by atoms with van der Waals surface area (Å²) in [7, 11) is -5.75. The summed E-state index contributed by atoms with van der Waals surface area (Å²) in [6.07, 6.45) is 0.857. The van der Waals surface area contributed by atoms with Crippen LogP contribution in [0.4, 0.5) is 13.2 Å². The zero-order valence-corrected chi connectivity index (χ0v) is 14.2. The zero-order chi connectivity index (χ0) is 16.9. The maximum absolute atomic E-state index is 12.4. The Morgan fingerprint density at radius 3 is 2.27 bits per heavy atom. The van der Waals surface area contributed by atoms with Crippen molar-refractivity contribution in [2.75, 3.05) is 0 Å². The predicted octanol–water partition coefficient (Wildman–Crippen LogP) is 4.72. The van der Waals surface area contributed by atoms with Crippen molar-refractivity contribution in [3.8, 4) is 5.75 Å². The van der Waals surface area contributed by atoms with Crippen LogP contribution in [0.5, 0.6) is 5.75 Å². The Balaban J connectivity index is 2.63. The van der Waals surface area contributed by atoms with Crippen molar-refractivity contribution in [2.45, 2.75) is 31.7 Å². The van der Waals surface area contributed by atoms with Gasteiger partial charge < -0.3 is 8.60 Å². The monoisotopic (exact) mass is 400 g/mol. The summed E-state index contributed by atoms with van der Waals surface area (Å²) in [5, 5.41) is 0.145. The highest BCUT2D eigenvalue weighted by molar-refractivity contribution is 9.10. The van der Waals surface area contributed by atoms with Gasteiger partial charge in [-0.2, -0.15) is 21.6 Å². The van der Waals surface area contributed by atoms with Crippen LogP contribution in [-0.4, -0.2) is 13.9 Å². The van der Waals surface area contributed by atoms with Crippen LogP contribution in [0.25, 0.3) is 11.0 Å². The minimum absolute atomic E-state index is 0.145. The molecule has 9 heteroatoms. The molecule has 0 N–H and O–H groups in total. The summed E-state index contributed by atoms with van der Waals surface area (Å²) >= 11 is 3.24. The molecule has 2 rings (SSSR count). The number of benzene rings is 1. The second-order valence-electron chi connectivity index (χ2n) is 5.66. The Bertz CT molecular complexity index is 816. The van der Waals surface area contributed by atoms with E-state index in [9.17, 15) is 21.6 Å². The van der Waals surface area contributed by atoms with E-state index < -0.39 is 21.4 Å². The molecule has 0 fully saturated rings. The molecule has 1 heterocycles. The summed E-state index contributed by atoms with van der Waals surface area (Å²) in [5.74, 6) is -0.501. The Morgan fingerprint density at radius 1 is 1.18 bits per heavy atom. The van der Waals surface area contributed by atoms with Crippen molar-refractivity contribution in [1.82, 2.24) is 0 Å². The zero-order valence-electron chi connectivity index (χ0n) is 11.8. The van der Waals surface area contributed by atoms with Gasteiger partial charge >= 0.3 is 15.6 Å². The van der Waals surface area contributed by atoms with Crippen LogP contribution in [0.15, 0.2) is 27.3 Å². The molecule has 22 heavy (non-hydrogen) atoms. The average Bonchev–Trinajstić information content (AvgIpc) is 2.68. The van der Waals surface area contributed by atoms with Crippen molar-refractivity contribution in [2.24, 2.45) is 0 Å². The summed E-state index contributed by atoms with van der Waals surface area (Å²) in [5.41, 5.74) is -4.88. The van der Waals surface area contributed by atoms with E-state index >= 15 is 0 Å². The van der Waals surface area contributed by atoms with E-state index in [-0.39, 0.29) is 16.4 Å². The lowest BCUT2D eigenvalue weighted by molar-refractivity contribution is -0.0499. The number of furan rings is 1. The molecule has 0 bridgehead atoms. The number of hydrogen-bond donors (Lipinski definition) is 0. The molecule has 4 nitrogen and oxygen atoms in total.